The maximum Gasteiger partial charge on any atom is -0.0105 e. The molecule has 0 unspecified atom stereocenters. The molecule has 17 heavy (non-hydrogen) atoms. The minimum atomic E-state index is 1.16. The molecule has 3 rings (SSSR count). The van der Waals surface area contributed by atoms with Gasteiger partial charge < -0.3 is 0 Å². The van der Waals surface area contributed by atoms with E-state index in [0.717, 1.165) is 6.42 Å². The van der Waals surface area contributed by atoms with Crippen molar-refractivity contribution in [1.82, 2.24) is 0 Å². The third kappa shape index (κ3) is 1.91. The first kappa shape index (κ1) is 10.3. The molecule has 0 nitrogen and oxygen atoms in total. The highest BCUT2D eigenvalue weighted by Gasteiger charge is 2.06. The fourth-order valence-corrected chi connectivity index (χ4v) is 2.51. The summed E-state index contributed by atoms with van der Waals surface area (Å²) >= 11 is 0. The zero-order valence-corrected chi connectivity index (χ0v) is 10.1. The Kier molecular flexibility index (Phi) is 2.56. The van der Waals surface area contributed by atoms with Gasteiger partial charge in [0.25, 0.3) is 0 Å². The molecule has 0 radical (unpaired) electrons. The maximum absolute atomic E-state index is 2.35. The monoisotopic (exact) mass is 220 g/mol. The molecule has 0 spiro atoms. The van der Waals surface area contributed by atoms with Crippen LogP contribution in [0, 0.1) is 6.92 Å². The van der Waals surface area contributed by atoms with Crippen LogP contribution in [0.15, 0.2) is 54.6 Å². The summed E-state index contributed by atoms with van der Waals surface area (Å²) in [6.45, 7) is 2.17. The Morgan fingerprint density at radius 1 is 1.00 bits per heavy atom. The normalized spacial score (nSPS) is 15.0. The fraction of sp³-hybridized carbons (Fsp3) is 0.176. The van der Waals surface area contributed by atoms with E-state index in [2.05, 4.69) is 61.5 Å². The van der Waals surface area contributed by atoms with Gasteiger partial charge in [0.1, 0.15) is 0 Å². The maximum atomic E-state index is 2.35. The lowest BCUT2D eigenvalue weighted by Gasteiger charge is -2.12. The molecule has 0 amide bonds. The van der Waals surface area contributed by atoms with Gasteiger partial charge in [-0.2, -0.15) is 0 Å². The van der Waals surface area contributed by atoms with Gasteiger partial charge in [0.05, 0.1) is 0 Å². The van der Waals surface area contributed by atoms with E-state index >= 15 is 0 Å². The SMILES string of the molecule is Cc1cc(C2=CCCC=C2)c2ccccc2c1. The van der Waals surface area contributed by atoms with Gasteiger partial charge in [0, 0.05) is 0 Å². The van der Waals surface area contributed by atoms with E-state index < -0.39 is 0 Å². The molecule has 0 aromatic heterocycles. The number of hydrogen-bond donors (Lipinski definition) is 0. The van der Waals surface area contributed by atoms with Crippen LogP contribution in [-0.4, -0.2) is 0 Å². The third-order valence-electron chi connectivity index (χ3n) is 3.31. The second kappa shape index (κ2) is 4.21. The summed E-state index contributed by atoms with van der Waals surface area (Å²) < 4.78 is 0. The van der Waals surface area contributed by atoms with Crippen LogP contribution in [0.4, 0.5) is 0 Å². The Labute approximate surface area is 102 Å². The molecule has 0 fully saturated rings. The zero-order valence-electron chi connectivity index (χ0n) is 10.1. The first-order chi connectivity index (χ1) is 8.34. The minimum absolute atomic E-state index is 1.16. The summed E-state index contributed by atoms with van der Waals surface area (Å²) in [5.41, 5.74) is 4.08. The standard InChI is InChI=1S/C17H16/c1-13-11-15-9-5-6-10-16(15)17(12-13)14-7-3-2-4-8-14/h3,5-12H,2,4H2,1H3. The van der Waals surface area contributed by atoms with Crippen molar-refractivity contribution < 1.29 is 0 Å². The van der Waals surface area contributed by atoms with Crippen molar-refractivity contribution >= 4 is 16.3 Å². The molecular formula is C17H16. The lowest BCUT2D eigenvalue weighted by atomic mass is 9.93. The highest BCUT2D eigenvalue weighted by molar-refractivity contribution is 5.96. The van der Waals surface area contributed by atoms with Gasteiger partial charge >= 0.3 is 0 Å². The van der Waals surface area contributed by atoms with E-state index in [9.17, 15) is 0 Å². The van der Waals surface area contributed by atoms with Gasteiger partial charge in [-0.1, -0.05) is 54.6 Å². The summed E-state index contributed by atoms with van der Waals surface area (Å²) in [6.07, 6.45) is 9.21. The van der Waals surface area contributed by atoms with E-state index in [0.29, 0.717) is 0 Å². The molecule has 0 aliphatic heterocycles. The van der Waals surface area contributed by atoms with Crippen LogP contribution in [-0.2, 0) is 0 Å². The van der Waals surface area contributed by atoms with Crippen LogP contribution in [0.2, 0.25) is 0 Å². The van der Waals surface area contributed by atoms with Crippen LogP contribution < -0.4 is 0 Å². The van der Waals surface area contributed by atoms with Crippen molar-refractivity contribution in [3.8, 4) is 0 Å². The van der Waals surface area contributed by atoms with Crippen LogP contribution in [0.5, 0.6) is 0 Å². The number of benzene rings is 2. The van der Waals surface area contributed by atoms with Crippen LogP contribution >= 0.6 is 0 Å². The fourth-order valence-electron chi connectivity index (χ4n) is 2.51. The van der Waals surface area contributed by atoms with E-state index in [1.54, 1.807) is 0 Å². The predicted octanol–water partition coefficient (Wildman–Crippen LogP) is 4.88. The number of fused-ring (bicyclic) bond motifs is 1. The molecule has 0 heteroatoms. The van der Waals surface area contributed by atoms with Gasteiger partial charge in [-0.3, -0.25) is 0 Å². The Hall–Kier alpha value is -1.82. The zero-order chi connectivity index (χ0) is 11.7. The van der Waals surface area contributed by atoms with Gasteiger partial charge in [-0.15, -0.1) is 0 Å². The third-order valence-corrected chi connectivity index (χ3v) is 3.31. The Balaban J connectivity index is 2.27. The highest BCUT2D eigenvalue weighted by Crippen LogP contribution is 2.29. The smallest absolute Gasteiger partial charge is 0.0105 e. The molecule has 84 valence electrons. The van der Waals surface area contributed by atoms with Gasteiger partial charge in [0.15, 0.2) is 0 Å². The second-order valence-electron chi connectivity index (χ2n) is 4.67. The molecule has 2 aromatic rings. The molecule has 1 aliphatic carbocycles. The van der Waals surface area contributed by atoms with Crippen molar-refractivity contribution in [2.45, 2.75) is 19.8 Å². The van der Waals surface area contributed by atoms with Crippen molar-refractivity contribution in [2.75, 3.05) is 0 Å². The lowest BCUT2D eigenvalue weighted by molar-refractivity contribution is 1.04. The highest BCUT2D eigenvalue weighted by atomic mass is 14.1. The summed E-state index contributed by atoms with van der Waals surface area (Å²) in [6, 6.07) is 13.2. The lowest BCUT2D eigenvalue weighted by Crippen LogP contribution is -1.89. The summed E-state index contributed by atoms with van der Waals surface area (Å²) in [5, 5.41) is 2.69. The van der Waals surface area contributed by atoms with E-state index in [4.69, 9.17) is 0 Å². The van der Waals surface area contributed by atoms with E-state index in [-0.39, 0.29) is 0 Å². The largest absolute Gasteiger partial charge is 0.0836 e. The predicted molar refractivity (Wildman–Crippen MR) is 75.0 cm³/mol. The number of aryl methyl sites for hydroxylation is 1. The molecule has 0 N–H and O–H groups in total. The van der Waals surface area contributed by atoms with Gasteiger partial charge in [-0.05, 0) is 47.2 Å². The molecule has 0 saturated heterocycles. The molecular weight excluding hydrogens is 204 g/mol. The van der Waals surface area contributed by atoms with Crippen molar-refractivity contribution in [3.05, 3.63) is 65.8 Å². The molecule has 2 aromatic carbocycles. The minimum Gasteiger partial charge on any atom is -0.0836 e. The average molecular weight is 220 g/mol. The molecule has 0 atom stereocenters. The molecule has 1 aliphatic rings. The van der Waals surface area contributed by atoms with Crippen LogP contribution in [0.25, 0.3) is 16.3 Å². The summed E-state index contributed by atoms with van der Waals surface area (Å²) in [4.78, 5) is 0. The average Bonchev–Trinajstić information content (AvgIpc) is 2.39. The topological polar surface area (TPSA) is 0 Å². The molecule has 0 bridgehead atoms. The summed E-state index contributed by atoms with van der Waals surface area (Å²) in [5.74, 6) is 0. The van der Waals surface area contributed by atoms with Gasteiger partial charge in [-0.25, -0.2) is 0 Å². The van der Waals surface area contributed by atoms with Gasteiger partial charge in [0.2, 0.25) is 0 Å². The number of hydrogen-bond acceptors (Lipinski definition) is 0. The second-order valence-corrected chi connectivity index (χ2v) is 4.67. The number of allylic oxidation sites excluding steroid dienone is 4. The van der Waals surface area contributed by atoms with E-state index in [1.165, 1.54) is 33.9 Å². The summed E-state index contributed by atoms with van der Waals surface area (Å²) in [7, 11) is 0. The first-order valence-corrected chi connectivity index (χ1v) is 6.21. The first-order valence-electron chi connectivity index (χ1n) is 6.21. The van der Waals surface area contributed by atoms with Crippen molar-refractivity contribution in [2.24, 2.45) is 0 Å². The Morgan fingerprint density at radius 3 is 2.71 bits per heavy atom. The quantitative estimate of drug-likeness (QED) is 0.642. The van der Waals surface area contributed by atoms with Crippen molar-refractivity contribution in [3.63, 3.8) is 0 Å². The van der Waals surface area contributed by atoms with Crippen molar-refractivity contribution in [1.29, 1.82) is 0 Å². The van der Waals surface area contributed by atoms with Crippen LogP contribution in [0.1, 0.15) is 24.0 Å². The van der Waals surface area contributed by atoms with E-state index in [1.807, 2.05) is 0 Å². The Morgan fingerprint density at radius 2 is 1.88 bits per heavy atom. The Bertz CT molecular complexity index is 615. The molecule has 0 saturated carbocycles. The molecule has 0 heterocycles. The number of rotatable bonds is 1. The van der Waals surface area contributed by atoms with Crippen LogP contribution in [0.3, 0.4) is 0 Å².